The second-order valence-electron chi connectivity index (χ2n) is 6.49. The van der Waals surface area contributed by atoms with E-state index in [1.807, 2.05) is 18.2 Å². The molecule has 1 atom stereocenters. The van der Waals surface area contributed by atoms with Crippen LogP contribution in [0.25, 0.3) is 0 Å². The molecule has 0 amide bonds. The Balaban J connectivity index is 2.53. The van der Waals surface area contributed by atoms with Crippen molar-refractivity contribution in [1.82, 2.24) is 15.5 Å². The Morgan fingerprint density at radius 2 is 1.96 bits per heavy atom. The van der Waals surface area contributed by atoms with Gasteiger partial charge in [0, 0.05) is 39.9 Å². The Labute approximate surface area is 164 Å². The van der Waals surface area contributed by atoms with E-state index in [2.05, 4.69) is 47.5 Å². The van der Waals surface area contributed by atoms with Crippen LogP contribution in [-0.4, -0.2) is 77.6 Å². The number of aliphatic imine (C=N–C) groups is 1. The summed E-state index contributed by atoms with van der Waals surface area (Å²) in [4.78, 5) is 6.84. The molecule has 0 aliphatic rings. The zero-order valence-electron chi connectivity index (χ0n) is 17.5. The van der Waals surface area contributed by atoms with E-state index in [0.717, 1.165) is 43.5 Å². The van der Waals surface area contributed by atoms with Crippen molar-refractivity contribution >= 4 is 5.96 Å². The lowest BCUT2D eigenvalue weighted by molar-refractivity contribution is 0.150. The Hall–Kier alpha value is -1.83. The van der Waals surface area contributed by atoms with Gasteiger partial charge in [-0.1, -0.05) is 12.1 Å². The van der Waals surface area contributed by atoms with Gasteiger partial charge in [-0.15, -0.1) is 0 Å². The summed E-state index contributed by atoms with van der Waals surface area (Å²) in [5.74, 6) is 1.65. The van der Waals surface area contributed by atoms with E-state index >= 15 is 0 Å². The van der Waals surface area contributed by atoms with E-state index in [1.165, 1.54) is 0 Å². The molecule has 1 aromatic rings. The fourth-order valence-electron chi connectivity index (χ4n) is 2.43. The van der Waals surface area contributed by atoms with Gasteiger partial charge < -0.3 is 29.7 Å². The maximum absolute atomic E-state index is 5.87. The van der Waals surface area contributed by atoms with Gasteiger partial charge in [0.2, 0.25) is 0 Å². The standard InChI is InChI=1S/C20H36N4O3/c1-6-21-20(23-17(2)16-26-5)22-15-18-8-7-9-19(14-18)27-13-11-24(3)10-12-25-4/h7-9,14,17H,6,10-13,15-16H2,1-5H3,(H2,21,22,23). The zero-order valence-corrected chi connectivity index (χ0v) is 17.5. The quantitative estimate of drug-likeness (QED) is 0.401. The molecule has 0 radical (unpaired) electrons. The van der Waals surface area contributed by atoms with Gasteiger partial charge in [-0.2, -0.15) is 0 Å². The molecule has 0 aliphatic heterocycles. The van der Waals surface area contributed by atoms with Crippen molar-refractivity contribution in [3.63, 3.8) is 0 Å². The molecule has 7 heteroatoms. The minimum Gasteiger partial charge on any atom is -0.492 e. The number of hydrogen-bond donors (Lipinski definition) is 2. The summed E-state index contributed by atoms with van der Waals surface area (Å²) >= 11 is 0. The molecule has 27 heavy (non-hydrogen) atoms. The molecule has 0 bridgehead atoms. The Kier molecular flexibility index (Phi) is 12.3. The van der Waals surface area contributed by atoms with E-state index in [1.54, 1.807) is 14.2 Å². The second-order valence-corrected chi connectivity index (χ2v) is 6.49. The number of nitrogens with one attached hydrogen (secondary N) is 2. The molecule has 0 spiro atoms. The fourth-order valence-corrected chi connectivity index (χ4v) is 2.43. The summed E-state index contributed by atoms with van der Waals surface area (Å²) in [6.45, 7) is 9.28. The van der Waals surface area contributed by atoms with Crippen molar-refractivity contribution in [2.45, 2.75) is 26.4 Å². The van der Waals surface area contributed by atoms with Crippen LogP contribution in [0.4, 0.5) is 0 Å². The number of benzene rings is 1. The molecule has 0 heterocycles. The number of nitrogens with zero attached hydrogens (tertiary/aromatic N) is 2. The summed E-state index contributed by atoms with van der Waals surface area (Å²) < 4.78 is 16.1. The fraction of sp³-hybridized carbons (Fsp3) is 0.650. The number of ether oxygens (including phenoxy) is 3. The first kappa shape index (κ1) is 23.2. The predicted molar refractivity (Wildman–Crippen MR) is 111 cm³/mol. The second kappa shape index (κ2) is 14.3. The number of methoxy groups -OCH3 is 2. The first-order valence-corrected chi connectivity index (χ1v) is 9.52. The monoisotopic (exact) mass is 380 g/mol. The molecule has 0 saturated carbocycles. The van der Waals surface area contributed by atoms with Gasteiger partial charge in [0.25, 0.3) is 0 Å². The Morgan fingerprint density at radius 1 is 1.19 bits per heavy atom. The molecule has 7 nitrogen and oxygen atoms in total. The average Bonchev–Trinajstić information content (AvgIpc) is 2.65. The molecular weight excluding hydrogens is 344 g/mol. The highest BCUT2D eigenvalue weighted by molar-refractivity contribution is 5.80. The van der Waals surface area contributed by atoms with Crippen molar-refractivity contribution in [2.24, 2.45) is 4.99 Å². The first-order chi connectivity index (χ1) is 13.1. The summed E-state index contributed by atoms with van der Waals surface area (Å²) in [7, 11) is 5.48. The Morgan fingerprint density at radius 3 is 2.67 bits per heavy atom. The number of rotatable bonds is 13. The van der Waals surface area contributed by atoms with Crippen molar-refractivity contribution in [1.29, 1.82) is 0 Å². The predicted octanol–water partition coefficient (Wildman–Crippen LogP) is 1.73. The molecule has 1 unspecified atom stereocenters. The van der Waals surface area contributed by atoms with Crippen LogP contribution in [0.3, 0.4) is 0 Å². The molecule has 0 aliphatic carbocycles. The van der Waals surface area contributed by atoms with Crippen LogP contribution in [0.5, 0.6) is 5.75 Å². The van der Waals surface area contributed by atoms with Crippen molar-refractivity contribution < 1.29 is 14.2 Å². The van der Waals surface area contributed by atoms with E-state index in [0.29, 0.717) is 19.8 Å². The van der Waals surface area contributed by atoms with E-state index in [4.69, 9.17) is 14.2 Å². The third-order valence-corrected chi connectivity index (χ3v) is 3.88. The van der Waals surface area contributed by atoms with Crippen LogP contribution in [0.2, 0.25) is 0 Å². The molecule has 154 valence electrons. The maximum atomic E-state index is 5.87. The lowest BCUT2D eigenvalue weighted by Gasteiger charge is -2.17. The summed E-state index contributed by atoms with van der Waals surface area (Å²) in [5.41, 5.74) is 1.11. The minimum absolute atomic E-state index is 0.192. The van der Waals surface area contributed by atoms with Gasteiger partial charge in [0.15, 0.2) is 5.96 Å². The lowest BCUT2D eigenvalue weighted by atomic mass is 10.2. The number of guanidine groups is 1. The van der Waals surface area contributed by atoms with E-state index < -0.39 is 0 Å². The van der Waals surface area contributed by atoms with E-state index in [9.17, 15) is 0 Å². The zero-order chi connectivity index (χ0) is 19.9. The molecule has 2 N–H and O–H groups in total. The van der Waals surface area contributed by atoms with Gasteiger partial charge in [0.05, 0.1) is 19.8 Å². The Bertz CT molecular complexity index is 540. The van der Waals surface area contributed by atoms with Crippen LogP contribution >= 0.6 is 0 Å². The molecule has 0 saturated heterocycles. The van der Waals surface area contributed by atoms with E-state index in [-0.39, 0.29) is 6.04 Å². The van der Waals surface area contributed by atoms with Crippen LogP contribution in [0.15, 0.2) is 29.3 Å². The molecule has 0 aromatic heterocycles. The highest BCUT2D eigenvalue weighted by Gasteiger charge is 2.05. The first-order valence-electron chi connectivity index (χ1n) is 9.52. The smallest absolute Gasteiger partial charge is 0.191 e. The largest absolute Gasteiger partial charge is 0.492 e. The highest BCUT2D eigenvalue weighted by atomic mass is 16.5. The average molecular weight is 381 g/mol. The van der Waals surface area contributed by atoms with Gasteiger partial charge in [-0.3, -0.25) is 0 Å². The summed E-state index contributed by atoms with van der Waals surface area (Å²) in [6.07, 6.45) is 0. The van der Waals surface area contributed by atoms with Crippen molar-refractivity contribution in [3.8, 4) is 5.75 Å². The lowest BCUT2D eigenvalue weighted by Crippen LogP contribution is -2.43. The van der Waals surface area contributed by atoms with Gasteiger partial charge in [-0.05, 0) is 38.6 Å². The third-order valence-electron chi connectivity index (χ3n) is 3.88. The highest BCUT2D eigenvalue weighted by Crippen LogP contribution is 2.14. The van der Waals surface area contributed by atoms with Gasteiger partial charge in [0.1, 0.15) is 12.4 Å². The van der Waals surface area contributed by atoms with Gasteiger partial charge >= 0.3 is 0 Å². The van der Waals surface area contributed by atoms with Crippen molar-refractivity contribution in [2.75, 3.05) is 60.7 Å². The van der Waals surface area contributed by atoms with Gasteiger partial charge in [-0.25, -0.2) is 4.99 Å². The van der Waals surface area contributed by atoms with Crippen LogP contribution in [-0.2, 0) is 16.0 Å². The molecule has 0 fully saturated rings. The number of likely N-dealkylation sites (N-methyl/N-ethyl adjacent to an activating group) is 1. The normalized spacial score (nSPS) is 12.9. The summed E-state index contributed by atoms with van der Waals surface area (Å²) in [6, 6.07) is 8.27. The third kappa shape index (κ3) is 10.8. The minimum atomic E-state index is 0.192. The van der Waals surface area contributed by atoms with Crippen molar-refractivity contribution in [3.05, 3.63) is 29.8 Å². The van der Waals surface area contributed by atoms with Crippen LogP contribution in [0.1, 0.15) is 19.4 Å². The summed E-state index contributed by atoms with van der Waals surface area (Å²) in [5, 5.41) is 6.59. The SMILES string of the molecule is CCNC(=NCc1cccc(OCCN(C)CCOC)c1)NC(C)COC. The maximum Gasteiger partial charge on any atom is 0.191 e. The molecule has 1 rings (SSSR count). The number of hydrogen-bond acceptors (Lipinski definition) is 5. The molecule has 1 aromatic carbocycles. The molecular formula is C20H36N4O3. The van der Waals surface area contributed by atoms with Crippen LogP contribution in [0, 0.1) is 0 Å². The topological polar surface area (TPSA) is 67.4 Å². The van der Waals surface area contributed by atoms with Crippen LogP contribution < -0.4 is 15.4 Å².